The number of hydrogen-bond acceptors (Lipinski definition) is 14. The van der Waals surface area contributed by atoms with Crippen LogP contribution in [0.25, 0.3) is 89.7 Å². The van der Waals surface area contributed by atoms with E-state index in [2.05, 4.69) is 307 Å². The molecule has 5 heterocycles. The molecule has 0 unspecified atom stereocenters. The maximum Gasteiger partial charge on any atom is 0.165 e. The van der Waals surface area contributed by atoms with E-state index < -0.39 is 0 Å². The second-order valence-corrected chi connectivity index (χ2v) is 34.6. The van der Waals surface area contributed by atoms with Crippen molar-refractivity contribution in [2.24, 2.45) is 0 Å². The molecule has 2 aliphatic rings. The molecule has 8 bridgehead atoms. The molecule has 0 saturated carbocycles. The molecule has 3 aromatic heterocycles. The van der Waals surface area contributed by atoms with E-state index >= 15 is 0 Å². The Labute approximate surface area is 632 Å². The van der Waals surface area contributed by atoms with Crippen LogP contribution in [0.1, 0.15) is 38.9 Å². The van der Waals surface area contributed by atoms with Gasteiger partial charge < -0.3 is 9.97 Å². The third kappa shape index (κ3) is 14.1. The molecule has 0 radical (unpaired) electrons. The number of nitrogens with zero attached hydrogens (tertiary/aromatic N) is 6. The SMILES string of the molecule is Cc1ccc(Sc2ccc(Sc3ccc(C)cc3)c3c2-c2nc-3nc3[nH]c(nc4nc(nc5[nH]c(n2)c2c(Sc6ccccc6)ccc(Sc6ccc(C)cc6)c52)-c2c(Sc5ccc(C)cc5)ccc(Sc5ccc(C)cc5)c2-4)c2c(Sc4ccc(C)cc4)ccc(Sc4ccc(C)cc4)c32)cc1. The molecule has 12 aromatic carbocycles. The van der Waals surface area contributed by atoms with E-state index in [0.717, 1.165) is 122 Å². The van der Waals surface area contributed by atoms with Crippen LogP contribution in [0.5, 0.6) is 0 Å². The van der Waals surface area contributed by atoms with Crippen LogP contribution >= 0.6 is 94.1 Å². The number of aromatic nitrogens is 8. The van der Waals surface area contributed by atoms with Gasteiger partial charge in [-0.05, 0) is 194 Å². The van der Waals surface area contributed by atoms with Crippen molar-refractivity contribution in [3.63, 3.8) is 0 Å². The number of benzene rings is 12. The first kappa shape index (κ1) is 67.0. The summed E-state index contributed by atoms with van der Waals surface area (Å²) in [6.07, 6.45) is 0. The zero-order valence-electron chi connectivity index (χ0n) is 57.1. The highest BCUT2D eigenvalue weighted by atomic mass is 32.2. The molecule has 2 N–H and O–H groups in total. The van der Waals surface area contributed by atoms with Crippen LogP contribution in [0, 0.1) is 48.5 Å². The molecule has 0 spiro atoms. The largest absolute Gasteiger partial charge is 0.324 e. The summed E-state index contributed by atoms with van der Waals surface area (Å²) >= 11 is 13.7. The van der Waals surface area contributed by atoms with Gasteiger partial charge in [-0.3, -0.25) is 0 Å². The average molecular weight is 1480 g/mol. The Bertz CT molecular complexity index is 5820. The van der Waals surface area contributed by atoms with Crippen LogP contribution < -0.4 is 0 Å². The quantitative estimate of drug-likeness (QED) is 0.0958. The van der Waals surface area contributed by atoms with Crippen molar-refractivity contribution in [3.8, 4) is 45.6 Å². The summed E-state index contributed by atoms with van der Waals surface area (Å²) in [7, 11) is 0. The number of nitrogens with one attached hydrogen (secondary N) is 2. The zero-order valence-corrected chi connectivity index (χ0v) is 63.7. The molecule has 8 nitrogen and oxygen atoms in total. The van der Waals surface area contributed by atoms with Gasteiger partial charge in [0.2, 0.25) is 0 Å². The fraction of sp³-hybridized carbons (Fsp3) is 0.0805. The first-order valence-corrected chi connectivity index (χ1v) is 40.3. The molecule has 500 valence electrons. The maximum absolute atomic E-state index is 6.00. The maximum atomic E-state index is 6.00. The van der Waals surface area contributed by atoms with Crippen LogP contribution in [-0.2, 0) is 0 Å². The molecule has 17 rings (SSSR count). The number of fused-ring (bicyclic) bond motifs is 20. The van der Waals surface area contributed by atoms with Gasteiger partial charge in [-0.1, -0.05) is 236 Å². The summed E-state index contributed by atoms with van der Waals surface area (Å²) in [4.78, 5) is 60.3. The zero-order chi connectivity index (χ0) is 69.8. The Kier molecular flexibility index (Phi) is 18.7. The first-order chi connectivity index (χ1) is 50.3. The van der Waals surface area contributed by atoms with E-state index in [-0.39, 0.29) is 0 Å². The summed E-state index contributed by atoms with van der Waals surface area (Å²) in [5.41, 5.74) is 14.2. The molecule has 2 aliphatic heterocycles. The van der Waals surface area contributed by atoms with Crippen molar-refractivity contribution in [3.05, 3.63) is 288 Å². The van der Waals surface area contributed by atoms with Crippen LogP contribution in [0.4, 0.5) is 0 Å². The van der Waals surface area contributed by atoms with Crippen LogP contribution in [0.2, 0.25) is 0 Å². The Hall–Kier alpha value is -9.20. The van der Waals surface area contributed by atoms with Gasteiger partial charge in [-0.2, -0.15) is 0 Å². The molecule has 16 heteroatoms. The molecule has 103 heavy (non-hydrogen) atoms. The van der Waals surface area contributed by atoms with Gasteiger partial charge in [-0.15, -0.1) is 0 Å². The van der Waals surface area contributed by atoms with Crippen molar-refractivity contribution >= 4 is 138 Å². The van der Waals surface area contributed by atoms with Crippen LogP contribution in [0.15, 0.2) is 327 Å². The summed E-state index contributed by atoms with van der Waals surface area (Å²) in [5.74, 6) is 2.07. The average Bonchev–Trinajstić information content (AvgIpc) is 1.58. The molecule has 0 fully saturated rings. The lowest BCUT2D eigenvalue weighted by Crippen LogP contribution is -1.90. The lowest BCUT2D eigenvalue weighted by atomic mass is 10.1. The number of hydrogen-bond donors (Lipinski definition) is 2. The van der Waals surface area contributed by atoms with Gasteiger partial charge in [0, 0.05) is 122 Å². The smallest absolute Gasteiger partial charge is 0.165 e. The van der Waals surface area contributed by atoms with Crippen molar-refractivity contribution in [2.45, 2.75) is 127 Å². The normalized spacial score (nSPS) is 11.8. The van der Waals surface area contributed by atoms with Crippen molar-refractivity contribution < 1.29 is 0 Å². The number of rotatable bonds is 16. The highest BCUT2D eigenvalue weighted by Gasteiger charge is 2.32. The summed E-state index contributed by atoms with van der Waals surface area (Å²) in [6, 6.07) is 89.8. The lowest BCUT2D eigenvalue weighted by Gasteiger charge is -2.13. The third-order valence-electron chi connectivity index (χ3n) is 17.8. The van der Waals surface area contributed by atoms with Gasteiger partial charge in [0.05, 0.1) is 0 Å². The van der Waals surface area contributed by atoms with E-state index in [1.807, 2.05) is 0 Å². The summed E-state index contributed by atoms with van der Waals surface area (Å²) in [6.45, 7) is 14.9. The predicted molar refractivity (Wildman–Crippen MR) is 434 cm³/mol. The Morgan fingerprint density at radius 2 is 0.359 bits per heavy atom. The minimum atomic E-state index is 0.517. The highest BCUT2D eigenvalue weighted by Crippen LogP contribution is 2.54. The van der Waals surface area contributed by atoms with E-state index in [9.17, 15) is 0 Å². The topological polar surface area (TPSA) is 109 Å². The number of aryl methyl sites for hydroxylation is 7. The predicted octanol–water partition coefficient (Wildman–Crippen LogP) is 26.2. The minimum absolute atomic E-state index is 0.517. The molecule has 0 saturated heterocycles. The second kappa shape index (κ2) is 28.8. The standard InChI is InChI=1S/C87H64N8S8/c1-49-13-27-57(28-14-49)97-65-42-41-64(96-56-11-9-8-10-12-56)72-73(65)81-88-80(72)89-82-74-66(98-58-29-15-50(2)16-30-58)43-44-67(99-59-31-17-51(3)18-32-59)75(74)84(91-82)93-86-78-70(102-62-37-23-54(6)24-38-62)47-48-71(103-63-39-25-55(7)26-40-63)79(78)87(95-86)94-85-77-69(101-61-35-21-53(5)22-36-61)46-45-68(76(77)83(90-81)92-85)100-60-33-19-52(4)20-34-60/h8-48H,1-7H3,(H2,88,89,90,91,92,93,94,95). The molecular weight excluding hydrogens is 1410 g/mol. The monoisotopic (exact) mass is 1480 g/mol. The second-order valence-electron chi connectivity index (χ2n) is 25.7. The van der Waals surface area contributed by atoms with E-state index in [1.54, 1.807) is 94.1 Å². The van der Waals surface area contributed by atoms with Crippen molar-refractivity contribution in [1.29, 1.82) is 0 Å². The Morgan fingerprint density at radius 1 is 0.184 bits per heavy atom. The molecule has 0 aliphatic carbocycles. The van der Waals surface area contributed by atoms with Crippen LogP contribution in [0.3, 0.4) is 0 Å². The molecule has 0 atom stereocenters. The van der Waals surface area contributed by atoms with Crippen LogP contribution in [-0.4, -0.2) is 39.9 Å². The fourth-order valence-corrected chi connectivity index (χ4v) is 20.2. The fourth-order valence-electron chi connectivity index (χ4n) is 12.5. The minimum Gasteiger partial charge on any atom is -0.324 e. The number of aromatic amines is 2. The first-order valence-electron chi connectivity index (χ1n) is 33.8. The summed E-state index contributed by atoms with van der Waals surface area (Å²) in [5, 5.41) is 3.63. The summed E-state index contributed by atoms with van der Waals surface area (Å²) < 4.78 is 0. The number of H-pyrrole nitrogens is 2. The van der Waals surface area contributed by atoms with E-state index in [0.29, 0.717) is 45.9 Å². The van der Waals surface area contributed by atoms with E-state index in [1.165, 1.54) is 38.9 Å². The molecular formula is C87H64N8S8. The Morgan fingerprint density at radius 3 is 0.563 bits per heavy atom. The van der Waals surface area contributed by atoms with Gasteiger partial charge in [-0.25, -0.2) is 29.9 Å². The Balaban J connectivity index is 1.06. The van der Waals surface area contributed by atoms with Crippen molar-refractivity contribution in [1.82, 2.24) is 39.9 Å². The van der Waals surface area contributed by atoms with Gasteiger partial charge in [0.15, 0.2) is 23.3 Å². The van der Waals surface area contributed by atoms with Gasteiger partial charge >= 0.3 is 0 Å². The molecule has 0 amide bonds. The van der Waals surface area contributed by atoms with E-state index in [4.69, 9.17) is 29.9 Å². The third-order valence-corrected chi connectivity index (χ3v) is 26.4. The van der Waals surface area contributed by atoms with Gasteiger partial charge in [0.1, 0.15) is 22.6 Å². The van der Waals surface area contributed by atoms with Gasteiger partial charge in [0.25, 0.3) is 0 Å². The van der Waals surface area contributed by atoms with Crippen molar-refractivity contribution in [2.75, 3.05) is 0 Å². The highest BCUT2D eigenvalue weighted by molar-refractivity contribution is 8.01. The lowest BCUT2D eigenvalue weighted by molar-refractivity contribution is 1.18. The molecule has 15 aromatic rings.